The first-order valence-corrected chi connectivity index (χ1v) is 18.2. The van der Waals surface area contributed by atoms with Crippen LogP contribution in [-0.2, 0) is 4.74 Å². The summed E-state index contributed by atoms with van der Waals surface area (Å²) < 4.78 is 32.7. The minimum atomic E-state index is -1.17. The number of benzene rings is 5. The van der Waals surface area contributed by atoms with Gasteiger partial charge in [-0.1, -0.05) is 17.3 Å². The lowest BCUT2D eigenvalue weighted by Gasteiger charge is -2.18. The highest BCUT2D eigenvalue weighted by atomic mass is 32.1. The van der Waals surface area contributed by atoms with Crippen LogP contribution in [0.5, 0.6) is 17.2 Å². The van der Waals surface area contributed by atoms with E-state index in [1.165, 1.54) is 47.1 Å². The lowest BCUT2D eigenvalue weighted by molar-refractivity contribution is 0.0697. The predicted molar refractivity (Wildman–Crippen MR) is 217 cm³/mol. The normalized spacial score (nSPS) is 11.3. The van der Waals surface area contributed by atoms with Crippen LogP contribution in [0, 0.1) is 5.82 Å². The Morgan fingerprint density at radius 1 is 0.879 bits per heavy atom. The fourth-order valence-electron chi connectivity index (χ4n) is 6.38. The van der Waals surface area contributed by atoms with Crippen molar-refractivity contribution in [2.45, 2.75) is 0 Å². The number of carboxylic acids is 1. The quantitative estimate of drug-likeness (QED) is 0.0482. The fourth-order valence-corrected chi connectivity index (χ4v) is 6.60. The maximum absolute atomic E-state index is 13.8. The average molecular weight is 799 g/mol. The molecule has 0 saturated carbocycles. The first-order chi connectivity index (χ1) is 28.1. The number of aromatic hydroxyl groups is 2. The van der Waals surface area contributed by atoms with Crippen LogP contribution in [-0.4, -0.2) is 72.7 Å². The number of thiocarbonyl (C=S) groups is 1. The molecular weight excluding hydrogens is 768 g/mol. The molecule has 0 amide bonds. The molecule has 290 valence electrons. The molecule has 1 aliphatic heterocycles. The summed E-state index contributed by atoms with van der Waals surface area (Å²) in [6.45, 7) is 1.30. The van der Waals surface area contributed by atoms with E-state index < -0.39 is 17.5 Å². The average Bonchev–Trinajstić information content (AvgIpc) is 3.71. The molecule has 3 heterocycles. The molecule has 58 heavy (non-hydrogen) atoms. The third kappa shape index (κ3) is 7.95. The second-order valence-electron chi connectivity index (χ2n) is 13.0. The number of carboxylic acid groups (broad SMARTS) is 1. The monoisotopic (exact) mass is 798 g/mol. The number of aromatic nitrogens is 4. The van der Waals surface area contributed by atoms with Gasteiger partial charge in [0.15, 0.2) is 22.1 Å². The zero-order valence-electron chi connectivity index (χ0n) is 30.2. The van der Waals surface area contributed by atoms with E-state index in [1.807, 2.05) is 18.2 Å². The van der Waals surface area contributed by atoms with Crippen LogP contribution in [0.15, 0.2) is 119 Å². The molecule has 0 spiro atoms. The molecule has 2 aromatic heterocycles. The number of hydrogen-bond acceptors (Lipinski definition) is 11. The number of anilines is 1. The summed E-state index contributed by atoms with van der Waals surface area (Å²) in [5, 5.41) is 45.7. The number of nitrogens with one attached hydrogen (secondary N) is 2. The molecule has 4 aromatic carbocycles. The summed E-state index contributed by atoms with van der Waals surface area (Å²) >= 11 is 5.44. The molecule has 8 rings (SSSR count). The Kier molecular flexibility index (Phi) is 10.3. The number of rotatable bonds is 12. The van der Waals surface area contributed by atoms with Gasteiger partial charge in [0.05, 0.1) is 41.9 Å². The first kappa shape index (κ1) is 37.5. The Labute approximate surface area is 333 Å². The molecule has 0 fully saturated rings. The van der Waals surface area contributed by atoms with Crippen molar-refractivity contribution in [1.29, 1.82) is 0 Å². The maximum Gasteiger partial charge on any atom is 0.336 e. The number of phenolic OH excluding ortho intramolecular Hbond substituents is 2. The number of carbonyl (C=O) groups is 1. The predicted octanol–water partition coefficient (Wildman–Crippen LogP) is 6.99. The van der Waals surface area contributed by atoms with Crippen molar-refractivity contribution in [3.8, 4) is 56.8 Å². The summed E-state index contributed by atoms with van der Waals surface area (Å²) in [7, 11) is 0. The Morgan fingerprint density at radius 2 is 1.74 bits per heavy atom. The third-order valence-corrected chi connectivity index (χ3v) is 9.34. The van der Waals surface area contributed by atoms with Gasteiger partial charge >= 0.3 is 5.97 Å². The number of phenols is 2. The molecule has 5 N–H and O–H groups in total. The molecule has 0 bridgehead atoms. The highest BCUT2D eigenvalue weighted by molar-refractivity contribution is 7.80. The summed E-state index contributed by atoms with van der Waals surface area (Å²) in [6.07, 6.45) is 1.63. The minimum absolute atomic E-state index is 0.00967. The van der Waals surface area contributed by atoms with Crippen LogP contribution in [0.25, 0.3) is 61.4 Å². The van der Waals surface area contributed by atoms with Gasteiger partial charge in [-0.25, -0.2) is 18.9 Å². The molecule has 0 unspecified atom stereocenters. The first-order valence-electron chi connectivity index (χ1n) is 17.7. The highest BCUT2D eigenvalue weighted by Gasteiger charge is 2.22. The number of fused-ring (bicyclic) bond motifs is 3. The zero-order valence-corrected chi connectivity index (χ0v) is 31.0. The molecule has 6 aromatic rings. The number of pyridine rings is 1. The topological polar surface area (TPSA) is 194 Å². The van der Waals surface area contributed by atoms with E-state index in [-0.39, 0.29) is 27.6 Å². The molecule has 14 nitrogen and oxygen atoms in total. The van der Waals surface area contributed by atoms with Crippen molar-refractivity contribution < 1.29 is 38.4 Å². The summed E-state index contributed by atoms with van der Waals surface area (Å²) in [5.74, 6) is -1.51. The number of nitrogens with zero attached hydrogens (tertiary/aromatic N) is 4. The van der Waals surface area contributed by atoms with Crippen LogP contribution in [0.2, 0.25) is 0 Å². The van der Waals surface area contributed by atoms with E-state index in [4.69, 9.17) is 26.1 Å². The third-order valence-electron chi connectivity index (χ3n) is 9.09. The van der Waals surface area contributed by atoms with Gasteiger partial charge in [-0.2, -0.15) is 0 Å². The van der Waals surface area contributed by atoms with E-state index in [1.54, 1.807) is 42.6 Å². The molecule has 0 atom stereocenters. The van der Waals surface area contributed by atoms with Gasteiger partial charge in [0.25, 0.3) is 0 Å². The van der Waals surface area contributed by atoms with Crippen molar-refractivity contribution in [3.05, 3.63) is 131 Å². The van der Waals surface area contributed by atoms with Gasteiger partial charge in [0, 0.05) is 52.3 Å². The van der Waals surface area contributed by atoms with Crippen LogP contribution < -0.4 is 20.8 Å². The standard InChI is InChI=1S/C42H31FN6O8S/c43-33-19-25(3-12-37(33)52)49-22-36(47-48-49)35-10-1-23-17-28(6-11-34(23)46-35)56-16-15-55-14-13-44-42(58)45-24-2-7-29(32(18-24)41(53)54)40-30-8-4-26(50)20-38(30)57-39-21-27(51)5-9-31(39)40/h1-12,17-22,50,52H,13-16H2,(H,53,54)(H2,44,45,58). The Bertz CT molecular complexity index is 2900. The minimum Gasteiger partial charge on any atom is -0.508 e. The van der Waals surface area contributed by atoms with E-state index >= 15 is 0 Å². The van der Waals surface area contributed by atoms with Crippen LogP contribution >= 0.6 is 12.2 Å². The SMILES string of the molecule is O=C(O)c1cc(NC(=S)NCCOCCOc2ccc3nc(-c4cn(-c5ccc(O)c(F)c5)nn4)ccc3c2)ccc1-c1c2ccc(=O)cc-2oc2cc(O)ccc12. The number of ether oxygens (including phenoxy) is 2. The van der Waals surface area contributed by atoms with Gasteiger partial charge in [0.1, 0.15) is 35.1 Å². The van der Waals surface area contributed by atoms with E-state index in [0.717, 1.165) is 11.5 Å². The Morgan fingerprint density at radius 3 is 2.59 bits per heavy atom. The summed E-state index contributed by atoms with van der Waals surface area (Å²) in [4.78, 5) is 29.3. The molecule has 16 heteroatoms. The molecular formula is C42H31FN6O8S. The van der Waals surface area contributed by atoms with Gasteiger partial charge in [-0.05, 0) is 90.6 Å². The Hall–Kier alpha value is -7.43. The van der Waals surface area contributed by atoms with Gasteiger partial charge < -0.3 is 39.8 Å². The fraction of sp³-hybridized carbons (Fsp3) is 0.0952. The molecule has 2 aliphatic rings. The largest absolute Gasteiger partial charge is 0.508 e. The van der Waals surface area contributed by atoms with Crippen molar-refractivity contribution in [2.24, 2.45) is 0 Å². The molecule has 0 radical (unpaired) electrons. The van der Waals surface area contributed by atoms with Gasteiger partial charge in [0.2, 0.25) is 0 Å². The smallest absolute Gasteiger partial charge is 0.336 e. The number of hydrogen-bond donors (Lipinski definition) is 5. The lowest BCUT2D eigenvalue weighted by atomic mass is 9.90. The highest BCUT2D eigenvalue weighted by Crippen LogP contribution is 2.42. The number of halogens is 1. The van der Waals surface area contributed by atoms with Crippen LogP contribution in [0.3, 0.4) is 0 Å². The van der Waals surface area contributed by atoms with Gasteiger partial charge in [-0.3, -0.25) is 4.79 Å². The van der Waals surface area contributed by atoms with E-state index in [0.29, 0.717) is 88.1 Å². The lowest BCUT2D eigenvalue weighted by Crippen LogP contribution is -2.31. The summed E-state index contributed by atoms with van der Waals surface area (Å²) in [5.41, 5.74) is 4.13. The van der Waals surface area contributed by atoms with Crippen molar-refractivity contribution >= 4 is 50.9 Å². The van der Waals surface area contributed by atoms with E-state index in [9.17, 15) is 29.3 Å². The molecule has 1 aliphatic carbocycles. The Balaban J connectivity index is 0.827. The number of aromatic carboxylic acids is 1. The van der Waals surface area contributed by atoms with E-state index in [2.05, 4.69) is 25.9 Å². The second kappa shape index (κ2) is 16.0. The van der Waals surface area contributed by atoms with Crippen molar-refractivity contribution in [3.63, 3.8) is 0 Å². The maximum atomic E-state index is 13.8. The van der Waals surface area contributed by atoms with Crippen LogP contribution in [0.4, 0.5) is 10.1 Å². The zero-order chi connectivity index (χ0) is 40.3. The van der Waals surface area contributed by atoms with Crippen molar-refractivity contribution in [2.75, 3.05) is 31.7 Å². The van der Waals surface area contributed by atoms with Gasteiger partial charge in [-0.15, -0.1) is 5.10 Å². The summed E-state index contributed by atoms with van der Waals surface area (Å²) in [6, 6.07) is 26.8. The van der Waals surface area contributed by atoms with Crippen LogP contribution in [0.1, 0.15) is 10.4 Å². The van der Waals surface area contributed by atoms with Crippen molar-refractivity contribution in [1.82, 2.24) is 25.3 Å². The second-order valence-corrected chi connectivity index (χ2v) is 13.4. The molecule has 0 saturated heterocycles.